The van der Waals surface area contributed by atoms with E-state index in [-0.39, 0.29) is 6.61 Å². The maximum absolute atomic E-state index is 10.8. The SMILES string of the molecule is COC(=O)COc1cccc(NC=O)c1. The second-order valence-corrected chi connectivity index (χ2v) is 2.65. The number of carbonyl (C=O) groups excluding carboxylic acids is 2. The Morgan fingerprint density at radius 2 is 2.33 bits per heavy atom. The Balaban J connectivity index is 2.57. The van der Waals surface area contributed by atoms with E-state index in [0.29, 0.717) is 17.8 Å². The van der Waals surface area contributed by atoms with Gasteiger partial charge in [0.2, 0.25) is 6.41 Å². The van der Waals surface area contributed by atoms with Gasteiger partial charge in [-0.25, -0.2) is 4.79 Å². The molecule has 80 valence electrons. The first-order chi connectivity index (χ1) is 7.26. The summed E-state index contributed by atoms with van der Waals surface area (Å²) in [6.45, 7) is -0.152. The number of carbonyl (C=O) groups is 2. The molecule has 1 N–H and O–H groups in total. The number of benzene rings is 1. The van der Waals surface area contributed by atoms with E-state index in [4.69, 9.17) is 4.74 Å². The van der Waals surface area contributed by atoms with Crippen LogP contribution in [-0.2, 0) is 14.3 Å². The summed E-state index contributed by atoms with van der Waals surface area (Å²) < 4.78 is 9.53. The normalized spacial score (nSPS) is 9.13. The first-order valence-electron chi connectivity index (χ1n) is 4.26. The van der Waals surface area contributed by atoms with Crippen molar-refractivity contribution in [2.45, 2.75) is 0 Å². The molecule has 0 atom stereocenters. The molecule has 0 aliphatic heterocycles. The molecule has 0 saturated heterocycles. The van der Waals surface area contributed by atoms with Gasteiger partial charge < -0.3 is 14.8 Å². The molecule has 0 aliphatic rings. The van der Waals surface area contributed by atoms with Crippen molar-refractivity contribution in [2.24, 2.45) is 0 Å². The van der Waals surface area contributed by atoms with E-state index in [1.54, 1.807) is 24.3 Å². The minimum absolute atomic E-state index is 0.152. The largest absolute Gasteiger partial charge is 0.482 e. The molecule has 0 spiro atoms. The van der Waals surface area contributed by atoms with E-state index in [9.17, 15) is 9.59 Å². The van der Waals surface area contributed by atoms with Gasteiger partial charge in [0.15, 0.2) is 6.61 Å². The second-order valence-electron chi connectivity index (χ2n) is 2.65. The van der Waals surface area contributed by atoms with Crippen LogP contribution in [0.5, 0.6) is 5.75 Å². The Labute approximate surface area is 87.0 Å². The van der Waals surface area contributed by atoms with Crippen LogP contribution in [0.15, 0.2) is 24.3 Å². The summed E-state index contributed by atoms with van der Waals surface area (Å²) in [6.07, 6.45) is 0.569. The van der Waals surface area contributed by atoms with Crippen molar-refractivity contribution in [3.05, 3.63) is 24.3 Å². The Morgan fingerprint density at radius 3 is 3.00 bits per heavy atom. The van der Waals surface area contributed by atoms with E-state index < -0.39 is 5.97 Å². The van der Waals surface area contributed by atoms with Gasteiger partial charge in [0.25, 0.3) is 0 Å². The van der Waals surface area contributed by atoms with Crippen LogP contribution >= 0.6 is 0 Å². The molecule has 1 amide bonds. The lowest BCUT2D eigenvalue weighted by Gasteiger charge is -2.05. The highest BCUT2D eigenvalue weighted by Gasteiger charge is 2.01. The molecule has 5 heteroatoms. The van der Waals surface area contributed by atoms with Crippen molar-refractivity contribution < 1.29 is 19.1 Å². The molecule has 0 bridgehead atoms. The van der Waals surface area contributed by atoms with E-state index in [2.05, 4.69) is 10.1 Å². The van der Waals surface area contributed by atoms with E-state index in [0.717, 1.165) is 0 Å². The van der Waals surface area contributed by atoms with Crippen molar-refractivity contribution in [1.82, 2.24) is 0 Å². The van der Waals surface area contributed by atoms with Gasteiger partial charge in [-0.05, 0) is 12.1 Å². The summed E-state index contributed by atoms with van der Waals surface area (Å²) >= 11 is 0. The predicted octanol–water partition coefficient (Wildman–Crippen LogP) is 0.807. The summed E-state index contributed by atoms with van der Waals surface area (Å²) in [5.74, 6) is 0.0380. The van der Waals surface area contributed by atoms with Gasteiger partial charge in [-0.3, -0.25) is 4.79 Å². The molecule has 0 heterocycles. The van der Waals surface area contributed by atoms with Gasteiger partial charge in [0.05, 0.1) is 7.11 Å². The number of nitrogens with one attached hydrogen (secondary N) is 1. The van der Waals surface area contributed by atoms with Crippen molar-refractivity contribution in [1.29, 1.82) is 0 Å². The van der Waals surface area contributed by atoms with Crippen LogP contribution in [0.2, 0.25) is 0 Å². The fraction of sp³-hybridized carbons (Fsp3) is 0.200. The first kappa shape index (κ1) is 11.0. The Bertz CT molecular complexity index is 351. The molecule has 0 saturated carbocycles. The molecular formula is C10H11NO4. The topological polar surface area (TPSA) is 64.6 Å². The lowest BCUT2D eigenvalue weighted by atomic mass is 10.3. The van der Waals surface area contributed by atoms with Crippen molar-refractivity contribution in [3.63, 3.8) is 0 Å². The average Bonchev–Trinajstić information content (AvgIpc) is 2.27. The summed E-state index contributed by atoms with van der Waals surface area (Å²) in [6, 6.07) is 6.70. The first-order valence-corrected chi connectivity index (χ1v) is 4.26. The number of amides is 1. The summed E-state index contributed by atoms with van der Waals surface area (Å²) in [7, 11) is 1.29. The number of esters is 1. The van der Waals surface area contributed by atoms with Gasteiger partial charge in [-0.2, -0.15) is 0 Å². The maximum Gasteiger partial charge on any atom is 0.343 e. The molecule has 1 aromatic rings. The van der Waals surface area contributed by atoms with E-state index in [1.165, 1.54) is 7.11 Å². The maximum atomic E-state index is 10.8. The van der Waals surface area contributed by atoms with Gasteiger partial charge in [0.1, 0.15) is 5.75 Å². The van der Waals surface area contributed by atoms with E-state index in [1.807, 2.05) is 0 Å². The highest BCUT2D eigenvalue weighted by atomic mass is 16.6. The molecule has 15 heavy (non-hydrogen) atoms. The highest BCUT2D eigenvalue weighted by Crippen LogP contribution is 2.16. The fourth-order valence-electron chi connectivity index (χ4n) is 0.945. The molecule has 5 nitrogen and oxygen atoms in total. The number of anilines is 1. The predicted molar refractivity (Wildman–Crippen MR) is 53.6 cm³/mol. The third-order valence-corrected chi connectivity index (χ3v) is 1.64. The van der Waals surface area contributed by atoms with E-state index >= 15 is 0 Å². The van der Waals surface area contributed by atoms with Crippen LogP contribution in [0.25, 0.3) is 0 Å². The van der Waals surface area contributed by atoms with Crippen LogP contribution in [0.4, 0.5) is 5.69 Å². The third-order valence-electron chi connectivity index (χ3n) is 1.64. The van der Waals surface area contributed by atoms with Gasteiger partial charge in [0, 0.05) is 11.8 Å². The van der Waals surface area contributed by atoms with Gasteiger partial charge >= 0.3 is 5.97 Å². The summed E-state index contributed by atoms with van der Waals surface area (Å²) in [4.78, 5) is 20.9. The Hall–Kier alpha value is -2.04. The van der Waals surface area contributed by atoms with Crippen LogP contribution in [0, 0.1) is 0 Å². The molecular weight excluding hydrogens is 198 g/mol. The Kier molecular flexibility index (Phi) is 4.15. The molecule has 0 unspecified atom stereocenters. The van der Waals surface area contributed by atoms with Crippen molar-refractivity contribution in [3.8, 4) is 5.75 Å². The highest BCUT2D eigenvalue weighted by molar-refractivity contribution is 5.72. The molecule has 0 aromatic heterocycles. The minimum Gasteiger partial charge on any atom is -0.482 e. The average molecular weight is 209 g/mol. The molecule has 1 aromatic carbocycles. The Morgan fingerprint density at radius 1 is 1.53 bits per heavy atom. The molecule has 0 aliphatic carbocycles. The van der Waals surface area contributed by atoms with Crippen LogP contribution in [-0.4, -0.2) is 26.1 Å². The summed E-state index contributed by atoms with van der Waals surface area (Å²) in [5, 5.41) is 2.47. The third kappa shape index (κ3) is 3.68. The number of methoxy groups -OCH3 is 1. The van der Waals surface area contributed by atoms with Crippen LogP contribution < -0.4 is 10.1 Å². The standard InChI is InChI=1S/C10H11NO4/c1-14-10(13)6-15-9-4-2-3-8(5-9)11-7-12/h2-5,7H,6H2,1H3,(H,11,12). The number of hydrogen-bond donors (Lipinski definition) is 1. The second kappa shape index (κ2) is 5.64. The quantitative estimate of drug-likeness (QED) is 0.575. The zero-order chi connectivity index (χ0) is 11.1. The van der Waals surface area contributed by atoms with Gasteiger partial charge in [-0.15, -0.1) is 0 Å². The molecule has 1 rings (SSSR count). The number of ether oxygens (including phenoxy) is 2. The van der Waals surface area contributed by atoms with Gasteiger partial charge in [-0.1, -0.05) is 6.07 Å². The number of rotatable bonds is 5. The fourth-order valence-corrected chi connectivity index (χ4v) is 0.945. The van der Waals surface area contributed by atoms with Crippen LogP contribution in [0.1, 0.15) is 0 Å². The zero-order valence-electron chi connectivity index (χ0n) is 8.23. The minimum atomic E-state index is -0.455. The lowest BCUT2D eigenvalue weighted by molar-refractivity contribution is -0.142. The molecule has 0 fully saturated rings. The lowest BCUT2D eigenvalue weighted by Crippen LogP contribution is -2.12. The smallest absolute Gasteiger partial charge is 0.343 e. The zero-order valence-corrected chi connectivity index (χ0v) is 8.23. The monoisotopic (exact) mass is 209 g/mol. The van der Waals surface area contributed by atoms with Crippen LogP contribution in [0.3, 0.4) is 0 Å². The van der Waals surface area contributed by atoms with Crippen molar-refractivity contribution in [2.75, 3.05) is 19.0 Å². The molecule has 0 radical (unpaired) electrons. The summed E-state index contributed by atoms with van der Waals surface area (Å²) in [5.41, 5.74) is 0.604. The number of hydrogen-bond acceptors (Lipinski definition) is 4. The van der Waals surface area contributed by atoms with Crippen molar-refractivity contribution >= 4 is 18.1 Å².